The molecule has 2 heteroatoms. The van der Waals surface area contributed by atoms with Crippen LogP contribution in [0.25, 0.3) is 111 Å². The average Bonchev–Trinajstić information content (AvgIpc) is 3.61. The van der Waals surface area contributed by atoms with Crippen molar-refractivity contribution >= 4 is 21.5 Å². The predicted molar refractivity (Wildman–Crippen MR) is 234 cm³/mol. The summed E-state index contributed by atoms with van der Waals surface area (Å²) in [6, 6.07) is 70.2. The molecular weight excluding hydrogens is 677 g/mol. The highest BCUT2D eigenvalue weighted by Gasteiger charge is 2.31. The lowest BCUT2D eigenvalue weighted by Gasteiger charge is -2.20. The van der Waals surface area contributed by atoms with Crippen LogP contribution in [-0.4, -0.2) is 9.97 Å². The molecule has 0 atom stereocenters. The van der Waals surface area contributed by atoms with Gasteiger partial charge in [-0.15, -0.1) is 0 Å². The Bertz CT molecular complexity index is 3000. The molecule has 0 spiro atoms. The summed E-state index contributed by atoms with van der Waals surface area (Å²) in [5, 5.41) is 5.13. The standard InChI is InChI=1S/C54H34N2/c1-3-14-35(15-4-1)50-44-22-7-8-23-45(44)51(36-16-5-2-6-17-36)54-47-29-28-42(43-24-13-25-46(52(43)47)53(50)54)40-21-12-19-38(33-40)37-18-11-20-39(32-37)41-27-30-49(56-34-41)48-26-9-10-31-55-48/h1-34H. The van der Waals surface area contributed by atoms with Crippen LogP contribution < -0.4 is 0 Å². The van der Waals surface area contributed by atoms with Gasteiger partial charge >= 0.3 is 0 Å². The van der Waals surface area contributed by atoms with E-state index in [4.69, 9.17) is 4.98 Å². The normalized spacial score (nSPS) is 11.6. The lowest BCUT2D eigenvalue weighted by atomic mass is 9.82. The van der Waals surface area contributed by atoms with E-state index in [1.165, 1.54) is 88.3 Å². The molecule has 11 rings (SSSR count). The monoisotopic (exact) mass is 710 g/mol. The van der Waals surface area contributed by atoms with Crippen molar-refractivity contribution in [3.05, 3.63) is 207 Å². The van der Waals surface area contributed by atoms with E-state index in [0.717, 1.165) is 22.5 Å². The van der Waals surface area contributed by atoms with Crippen molar-refractivity contribution in [3.63, 3.8) is 0 Å². The summed E-state index contributed by atoms with van der Waals surface area (Å²) in [5.74, 6) is 0. The first-order valence-electron chi connectivity index (χ1n) is 19.1. The molecule has 0 N–H and O–H groups in total. The first-order chi connectivity index (χ1) is 27.8. The van der Waals surface area contributed by atoms with Crippen LogP contribution in [0.15, 0.2) is 207 Å². The van der Waals surface area contributed by atoms with Gasteiger partial charge in [0.15, 0.2) is 0 Å². The highest BCUT2D eigenvalue weighted by atomic mass is 14.8. The topological polar surface area (TPSA) is 25.8 Å². The minimum absolute atomic E-state index is 0.868. The summed E-state index contributed by atoms with van der Waals surface area (Å²) in [6.45, 7) is 0. The van der Waals surface area contributed by atoms with Gasteiger partial charge in [0.1, 0.15) is 0 Å². The first kappa shape index (κ1) is 32.0. The zero-order valence-electron chi connectivity index (χ0n) is 30.5. The third-order valence-electron chi connectivity index (χ3n) is 11.3. The van der Waals surface area contributed by atoms with Crippen molar-refractivity contribution < 1.29 is 0 Å². The van der Waals surface area contributed by atoms with Crippen LogP contribution >= 0.6 is 0 Å². The Labute approximate surface area is 326 Å². The van der Waals surface area contributed by atoms with Crippen molar-refractivity contribution in [1.82, 2.24) is 9.97 Å². The Morgan fingerprint density at radius 1 is 0.268 bits per heavy atom. The maximum Gasteiger partial charge on any atom is 0.0886 e. The minimum atomic E-state index is 0.868. The molecule has 0 aliphatic heterocycles. The van der Waals surface area contributed by atoms with Crippen LogP contribution in [0.1, 0.15) is 0 Å². The molecule has 0 amide bonds. The average molecular weight is 711 g/mol. The molecule has 0 saturated carbocycles. The number of hydrogen-bond donors (Lipinski definition) is 0. The van der Waals surface area contributed by atoms with Crippen LogP contribution in [0.4, 0.5) is 0 Å². The van der Waals surface area contributed by atoms with E-state index in [1.807, 2.05) is 30.5 Å². The molecule has 0 saturated heterocycles. The number of hydrogen-bond acceptors (Lipinski definition) is 2. The van der Waals surface area contributed by atoms with Gasteiger partial charge in [-0.2, -0.15) is 0 Å². The van der Waals surface area contributed by atoms with Crippen molar-refractivity contribution in [2.24, 2.45) is 0 Å². The van der Waals surface area contributed by atoms with Crippen LogP contribution in [-0.2, 0) is 0 Å². The second kappa shape index (κ2) is 13.2. The summed E-state index contributed by atoms with van der Waals surface area (Å²) >= 11 is 0. The summed E-state index contributed by atoms with van der Waals surface area (Å²) in [6.07, 6.45) is 3.75. The Hall–Kier alpha value is -7.42. The molecule has 10 aromatic rings. The predicted octanol–water partition coefficient (Wildman–Crippen LogP) is 14.4. The Morgan fingerprint density at radius 2 is 0.768 bits per heavy atom. The van der Waals surface area contributed by atoms with Crippen molar-refractivity contribution in [2.75, 3.05) is 0 Å². The zero-order chi connectivity index (χ0) is 37.0. The number of pyridine rings is 2. The number of nitrogens with zero attached hydrogens (tertiary/aromatic N) is 2. The van der Waals surface area contributed by atoms with E-state index >= 15 is 0 Å². The van der Waals surface area contributed by atoms with E-state index in [0.29, 0.717) is 0 Å². The van der Waals surface area contributed by atoms with Crippen LogP contribution in [0, 0.1) is 0 Å². The fraction of sp³-hybridized carbons (Fsp3) is 0. The van der Waals surface area contributed by atoms with Crippen molar-refractivity contribution in [3.8, 4) is 89.3 Å². The molecule has 8 aromatic carbocycles. The van der Waals surface area contributed by atoms with Gasteiger partial charge in [-0.1, -0.05) is 164 Å². The van der Waals surface area contributed by atoms with E-state index in [-0.39, 0.29) is 0 Å². The first-order valence-corrected chi connectivity index (χ1v) is 19.1. The summed E-state index contributed by atoms with van der Waals surface area (Å²) < 4.78 is 0. The van der Waals surface area contributed by atoms with Gasteiger partial charge < -0.3 is 0 Å². The number of benzene rings is 8. The van der Waals surface area contributed by atoms with Gasteiger partial charge in [-0.25, -0.2) is 0 Å². The zero-order valence-corrected chi connectivity index (χ0v) is 30.5. The maximum absolute atomic E-state index is 4.74. The fourth-order valence-electron chi connectivity index (χ4n) is 8.84. The second-order valence-corrected chi connectivity index (χ2v) is 14.5. The highest BCUT2D eigenvalue weighted by Crippen LogP contribution is 2.58. The van der Waals surface area contributed by atoms with Crippen molar-refractivity contribution in [1.29, 1.82) is 0 Å². The molecule has 0 fully saturated rings. The fourth-order valence-corrected chi connectivity index (χ4v) is 8.84. The van der Waals surface area contributed by atoms with Crippen LogP contribution in [0.3, 0.4) is 0 Å². The molecule has 1 aliphatic rings. The highest BCUT2D eigenvalue weighted by molar-refractivity contribution is 6.28. The Morgan fingerprint density at radius 3 is 1.39 bits per heavy atom. The van der Waals surface area contributed by atoms with Gasteiger partial charge in [0, 0.05) is 18.0 Å². The molecule has 2 aromatic heterocycles. The molecular formula is C54H34N2. The molecule has 260 valence electrons. The second-order valence-electron chi connectivity index (χ2n) is 14.5. The lowest BCUT2D eigenvalue weighted by Crippen LogP contribution is -1.93. The number of fused-ring (bicyclic) bond motifs is 4. The largest absolute Gasteiger partial charge is 0.255 e. The lowest BCUT2D eigenvalue weighted by molar-refractivity contribution is 1.25. The molecule has 2 nitrogen and oxygen atoms in total. The van der Waals surface area contributed by atoms with E-state index in [2.05, 4.69) is 175 Å². The molecule has 0 unspecified atom stereocenters. The van der Waals surface area contributed by atoms with E-state index in [9.17, 15) is 0 Å². The smallest absolute Gasteiger partial charge is 0.0886 e. The molecule has 0 radical (unpaired) electrons. The minimum Gasteiger partial charge on any atom is -0.255 e. The third-order valence-corrected chi connectivity index (χ3v) is 11.3. The van der Waals surface area contributed by atoms with Gasteiger partial charge in [-0.3, -0.25) is 9.97 Å². The Kier molecular flexibility index (Phi) is 7.53. The van der Waals surface area contributed by atoms with Gasteiger partial charge in [0.25, 0.3) is 0 Å². The maximum atomic E-state index is 4.74. The molecule has 56 heavy (non-hydrogen) atoms. The van der Waals surface area contributed by atoms with Gasteiger partial charge in [0.2, 0.25) is 0 Å². The number of aromatic nitrogens is 2. The summed E-state index contributed by atoms with van der Waals surface area (Å²) in [4.78, 5) is 9.21. The summed E-state index contributed by atoms with van der Waals surface area (Å²) in [7, 11) is 0. The van der Waals surface area contributed by atoms with E-state index in [1.54, 1.807) is 6.20 Å². The van der Waals surface area contributed by atoms with Gasteiger partial charge in [-0.05, 0) is 124 Å². The SMILES string of the molecule is c1ccc(-c2c3c(c(-c4ccccc4)c4ccccc24)-c2ccc(-c4cccc(-c5cccc(-c6ccc(-c7ccccn7)nc6)c5)c4)c4cccc-3c24)cc1. The van der Waals surface area contributed by atoms with Crippen LogP contribution in [0.5, 0.6) is 0 Å². The van der Waals surface area contributed by atoms with Crippen LogP contribution in [0.2, 0.25) is 0 Å². The van der Waals surface area contributed by atoms with E-state index < -0.39 is 0 Å². The van der Waals surface area contributed by atoms with Crippen molar-refractivity contribution in [2.45, 2.75) is 0 Å². The third kappa shape index (κ3) is 5.19. The molecule has 1 aliphatic carbocycles. The summed E-state index contributed by atoms with van der Waals surface area (Å²) in [5.41, 5.74) is 19.0. The van der Waals surface area contributed by atoms with Gasteiger partial charge in [0.05, 0.1) is 11.4 Å². The Balaban J connectivity index is 1.06. The number of rotatable bonds is 6. The molecule has 0 bridgehead atoms. The quantitative estimate of drug-likeness (QED) is 0.172. The molecule has 2 heterocycles.